The fraction of sp³-hybridized carbons (Fsp3) is 0.385. The van der Waals surface area contributed by atoms with E-state index in [1.165, 1.54) is 0 Å². The first-order valence-electron chi connectivity index (χ1n) is 5.92. The molecule has 1 aromatic carbocycles. The number of anilines is 1. The quantitative estimate of drug-likeness (QED) is 0.923. The van der Waals surface area contributed by atoms with E-state index >= 15 is 0 Å². The van der Waals surface area contributed by atoms with Crippen LogP contribution in [0.1, 0.15) is 32.0 Å². The molecule has 0 aliphatic heterocycles. The fourth-order valence-electron chi connectivity index (χ4n) is 2.02. The Kier molecular flexibility index (Phi) is 3.74. The summed E-state index contributed by atoms with van der Waals surface area (Å²) in [4.78, 5) is 0. The van der Waals surface area contributed by atoms with Crippen molar-refractivity contribution in [3.63, 3.8) is 0 Å². The van der Waals surface area contributed by atoms with Gasteiger partial charge in [0.25, 0.3) is 0 Å². The van der Waals surface area contributed by atoms with Crippen LogP contribution in [-0.2, 0) is 12.0 Å². The molecule has 0 aliphatic carbocycles. The van der Waals surface area contributed by atoms with Crippen molar-refractivity contribution >= 4 is 29.0 Å². The van der Waals surface area contributed by atoms with E-state index in [0.717, 1.165) is 11.3 Å². The van der Waals surface area contributed by atoms with Crippen LogP contribution in [0.2, 0.25) is 10.0 Å². The molecule has 2 rings (SSSR count). The Morgan fingerprint density at radius 3 is 2.53 bits per heavy atom. The van der Waals surface area contributed by atoms with Crippen molar-refractivity contribution in [2.24, 2.45) is 0 Å². The molecule has 0 spiro atoms. The van der Waals surface area contributed by atoms with Crippen LogP contribution in [0.5, 0.6) is 0 Å². The van der Waals surface area contributed by atoms with Crippen LogP contribution in [-0.4, -0.2) is 15.0 Å². The summed E-state index contributed by atoms with van der Waals surface area (Å²) in [5.74, 6) is 0.456. The van der Waals surface area contributed by atoms with Gasteiger partial charge < -0.3 is 5.73 Å². The summed E-state index contributed by atoms with van der Waals surface area (Å²) in [5.41, 5.74) is 7.60. The average molecular weight is 299 g/mol. The van der Waals surface area contributed by atoms with E-state index in [9.17, 15) is 0 Å². The molecule has 0 radical (unpaired) electrons. The number of nitrogens with two attached hydrogens (primary N) is 1. The molecule has 0 bridgehead atoms. The van der Waals surface area contributed by atoms with E-state index in [2.05, 4.69) is 31.1 Å². The van der Waals surface area contributed by atoms with Crippen LogP contribution >= 0.6 is 23.2 Å². The van der Waals surface area contributed by atoms with Gasteiger partial charge >= 0.3 is 0 Å². The van der Waals surface area contributed by atoms with Gasteiger partial charge in [0.1, 0.15) is 0 Å². The maximum Gasteiger partial charge on any atom is 0.169 e. The monoisotopic (exact) mass is 298 g/mol. The summed E-state index contributed by atoms with van der Waals surface area (Å²) in [6.07, 6.45) is 0. The molecule has 1 aromatic heterocycles. The van der Waals surface area contributed by atoms with E-state index in [4.69, 9.17) is 28.9 Å². The van der Waals surface area contributed by atoms with Crippen LogP contribution < -0.4 is 5.73 Å². The third kappa shape index (κ3) is 3.01. The van der Waals surface area contributed by atoms with Gasteiger partial charge in [0.2, 0.25) is 0 Å². The Hall–Kier alpha value is -1.26. The normalized spacial score (nSPS) is 11.8. The molecule has 0 amide bonds. The van der Waals surface area contributed by atoms with E-state index in [1.54, 1.807) is 16.8 Å². The van der Waals surface area contributed by atoms with E-state index in [1.807, 2.05) is 6.07 Å². The molecule has 0 saturated carbocycles. The van der Waals surface area contributed by atoms with E-state index in [-0.39, 0.29) is 5.41 Å². The van der Waals surface area contributed by atoms with Gasteiger partial charge in [-0.05, 0) is 17.7 Å². The van der Waals surface area contributed by atoms with Crippen molar-refractivity contribution in [3.8, 4) is 0 Å². The molecule has 0 unspecified atom stereocenters. The lowest BCUT2D eigenvalue weighted by atomic mass is 9.92. The smallest absolute Gasteiger partial charge is 0.169 e. The molecular weight excluding hydrogens is 283 g/mol. The highest BCUT2D eigenvalue weighted by molar-refractivity contribution is 6.35. The minimum absolute atomic E-state index is 0.132. The second kappa shape index (κ2) is 5.02. The largest absolute Gasteiger partial charge is 0.381 e. The van der Waals surface area contributed by atoms with Crippen molar-refractivity contribution in [2.75, 3.05) is 5.73 Å². The molecule has 0 fully saturated rings. The lowest BCUT2D eigenvalue weighted by molar-refractivity contribution is 0.503. The molecule has 2 aromatic rings. The van der Waals surface area contributed by atoms with E-state index < -0.39 is 0 Å². The van der Waals surface area contributed by atoms with Crippen molar-refractivity contribution in [2.45, 2.75) is 32.7 Å². The summed E-state index contributed by atoms with van der Waals surface area (Å²) in [5, 5.41) is 9.27. The van der Waals surface area contributed by atoms with Crippen LogP contribution in [0.4, 0.5) is 5.82 Å². The Morgan fingerprint density at radius 2 is 1.95 bits per heavy atom. The summed E-state index contributed by atoms with van der Waals surface area (Å²) in [7, 11) is 0. The lowest BCUT2D eigenvalue weighted by Crippen LogP contribution is -2.20. The van der Waals surface area contributed by atoms with E-state index in [0.29, 0.717) is 22.4 Å². The molecule has 4 nitrogen and oxygen atoms in total. The highest BCUT2D eigenvalue weighted by Crippen LogP contribution is 2.28. The molecular formula is C13H16Cl2N4. The molecule has 102 valence electrons. The average Bonchev–Trinajstić information content (AvgIpc) is 2.63. The number of nitrogens with zero attached hydrogens (tertiary/aromatic N) is 3. The second-order valence-electron chi connectivity index (χ2n) is 5.47. The molecule has 0 aliphatic rings. The minimum atomic E-state index is -0.132. The Balaban J connectivity index is 2.39. The maximum atomic E-state index is 6.18. The van der Waals surface area contributed by atoms with Gasteiger partial charge in [0, 0.05) is 15.5 Å². The van der Waals surface area contributed by atoms with Gasteiger partial charge in [-0.3, -0.25) is 0 Å². The molecule has 19 heavy (non-hydrogen) atoms. The van der Waals surface area contributed by atoms with Crippen molar-refractivity contribution in [3.05, 3.63) is 39.5 Å². The number of hydrogen-bond acceptors (Lipinski definition) is 3. The minimum Gasteiger partial charge on any atom is -0.381 e. The third-order valence-electron chi connectivity index (χ3n) is 2.81. The number of rotatable bonds is 2. The highest BCUT2D eigenvalue weighted by Gasteiger charge is 2.24. The Morgan fingerprint density at radius 1 is 1.26 bits per heavy atom. The zero-order chi connectivity index (χ0) is 14.2. The number of hydrogen-bond donors (Lipinski definition) is 1. The summed E-state index contributed by atoms with van der Waals surface area (Å²) >= 11 is 12.1. The summed E-state index contributed by atoms with van der Waals surface area (Å²) in [6, 6.07) is 5.41. The fourth-order valence-corrected chi connectivity index (χ4v) is 2.49. The molecule has 0 atom stereocenters. The van der Waals surface area contributed by atoms with Crippen molar-refractivity contribution in [1.29, 1.82) is 0 Å². The van der Waals surface area contributed by atoms with Crippen molar-refractivity contribution < 1.29 is 0 Å². The van der Waals surface area contributed by atoms with Gasteiger partial charge in [-0.15, -0.1) is 5.10 Å². The Labute approximate surface area is 122 Å². The molecule has 6 heteroatoms. The standard InChI is InChI=1S/C13H16Cl2N4/c1-13(2,3)11-12(16)17-18-19(11)7-8-4-5-9(14)6-10(8)15/h4-6H,7,16H2,1-3H3. The van der Waals surface area contributed by atoms with Crippen LogP contribution in [0.3, 0.4) is 0 Å². The Bertz CT molecular complexity index is 599. The number of benzene rings is 1. The van der Waals surface area contributed by atoms with Crippen LogP contribution in [0, 0.1) is 0 Å². The first kappa shape index (κ1) is 14.2. The molecule has 1 heterocycles. The topological polar surface area (TPSA) is 56.7 Å². The lowest BCUT2D eigenvalue weighted by Gasteiger charge is -2.20. The predicted octanol–water partition coefficient (Wildman–Crippen LogP) is 3.51. The molecule has 0 saturated heterocycles. The summed E-state index contributed by atoms with van der Waals surface area (Å²) < 4.78 is 1.78. The number of nitrogen functional groups attached to an aromatic ring is 1. The van der Waals surface area contributed by atoms with Crippen LogP contribution in [0.25, 0.3) is 0 Å². The first-order chi connectivity index (χ1) is 8.79. The van der Waals surface area contributed by atoms with Gasteiger partial charge in [-0.25, -0.2) is 4.68 Å². The zero-order valence-corrected chi connectivity index (χ0v) is 12.6. The highest BCUT2D eigenvalue weighted by atomic mass is 35.5. The van der Waals surface area contributed by atoms with Crippen molar-refractivity contribution in [1.82, 2.24) is 15.0 Å². The number of aromatic nitrogens is 3. The number of halogens is 2. The van der Waals surface area contributed by atoms with Crippen LogP contribution in [0.15, 0.2) is 18.2 Å². The second-order valence-corrected chi connectivity index (χ2v) is 6.31. The first-order valence-corrected chi connectivity index (χ1v) is 6.68. The molecule has 2 N–H and O–H groups in total. The maximum absolute atomic E-state index is 6.18. The summed E-state index contributed by atoms with van der Waals surface area (Å²) in [6.45, 7) is 6.73. The zero-order valence-electron chi connectivity index (χ0n) is 11.1. The SMILES string of the molecule is CC(C)(C)c1c(N)nnn1Cc1ccc(Cl)cc1Cl. The predicted molar refractivity (Wildman–Crippen MR) is 78.7 cm³/mol. The van der Waals surface area contributed by atoms with Gasteiger partial charge in [-0.2, -0.15) is 0 Å². The van der Waals surface area contributed by atoms with Gasteiger partial charge in [0.05, 0.1) is 12.2 Å². The van der Waals surface area contributed by atoms with Gasteiger partial charge in [0.15, 0.2) is 5.82 Å². The third-order valence-corrected chi connectivity index (χ3v) is 3.39. The van der Waals surface area contributed by atoms with Gasteiger partial charge in [-0.1, -0.05) is 55.3 Å².